The van der Waals surface area contributed by atoms with E-state index in [9.17, 15) is 14.4 Å². The summed E-state index contributed by atoms with van der Waals surface area (Å²) in [4.78, 5) is 36.5. The molecule has 0 heterocycles. The maximum absolute atomic E-state index is 12.8. The fraction of sp³-hybridized carbons (Fsp3) is 0.318. The molecule has 0 aromatic heterocycles. The number of aryl methyl sites for hydroxylation is 1. The van der Waals surface area contributed by atoms with Gasteiger partial charge in [-0.05, 0) is 54.8 Å². The zero-order chi connectivity index (χ0) is 22.1. The Bertz CT molecular complexity index is 899. The highest BCUT2D eigenvalue weighted by molar-refractivity contribution is 6.30. The molecule has 30 heavy (non-hydrogen) atoms. The summed E-state index contributed by atoms with van der Waals surface area (Å²) in [5.41, 5.74) is 8.56. The van der Waals surface area contributed by atoms with E-state index >= 15 is 0 Å². The third-order valence-corrected chi connectivity index (χ3v) is 4.72. The molecule has 0 aliphatic rings. The van der Waals surface area contributed by atoms with Crippen molar-refractivity contribution >= 4 is 35.0 Å². The van der Waals surface area contributed by atoms with Crippen molar-refractivity contribution in [3.63, 3.8) is 0 Å². The van der Waals surface area contributed by atoms with Crippen molar-refractivity contribution in [2.75, 3.05) is 19.5 Å². The number of rotatable bonds is 10. The lowest BCUT2D eigenvalue weighted by molar-refractivity contribution is -0.144. The molecule has 0 spiro atoms. The van der Waals surface area contributed by atoms with E-state index < -0.39 is 17.8 Å². The van der Waals surface area contributed by atoms with Gasteiger partial charge in [0, 0.05) is 29.2 Å². The summed E-state index contributed by atoms with van der Waals surface area (Å²) in [6, 6.07) is 10.5. The molecule has 0 aliphatic carbocycles. The molecule has 2 rings (SSSR count). The number of halogens is 1. The third kappa shape index (κ3) is 6.57. The summed E-state index contributed by atoms with van der Waals surface area (Å²) in [5, 5.41) is 3.43. The van der Waals surface area contributed by atoms with Crippen molar-refractivity contribution in [2.45, 2.75) is 32.4 Å². The summed E-state index contributed by atoms with van der Waals surface area (Å²) in [5.74, 6) is -1.37. The number of anilines is 1. The number of hydrogen-bond donors (Lipinski definition) is 2. The molecular weight excluding hydrogens is 408 g/mol. The van der Waals surface area contributed by atoms with Gasteiger partial charge in [0.05, 0.1) is 13.7 Å². The lowest BCUT2D eigenvalue weighted by Gasteiger charge is -2.17. The van der Waals surface area contributed by atoms with Gasteiger partial charge < -0.3 is 15.2 Å². The number of esters is 2. The van der Waals surface area contributed by atoms with Crippen LogP contribution in [0.1, 0.15) is 34.8 Å². The van der Waals surface area contributed by atoms with Crippen LogP contribution < -0.4 is 11.1 Å². The Kier molecular flexibility index (Phi) is 8.83. The fourth-order valence-corrected chi connectivity index (χ4v) is 2.94. The normalized spacial score (nSPS) is 11.6. The summed E-state index contributed by atoms with van der Waals surface area (Å²) in [7, 11) is 1.34. The van der Waals surface area contributed by atoms with Crippen LogP contribution in [-0.2, 0) is 32.0 Å². The van der Waals surface area contributed by atoms with Gasteiger partial charge in [0.2, 0.25) is 0 Å². The molecule has 0 saturated heterocycles. The van der Waals surface area contributed by atoms with Gasteiger partial charge >= 0.3 is 11.9 Å². The Morgan fingerprint density at radius 2 is 1.83 bits per heavy atom. The Balaban J connectivity index is 2.11. The highest BCUT2D eigenvalue weighted by atomic mass is 35.5. The summed E-state index contributed by atoms with van der Waals surface area (Å²) >= 11 is 5.87. The summed E-state index contributed by atoms with van der Waals surface area (Å²) in [6.45, 7) is 2.01. The minimum Gasteiger partial charge on any atom is -0.469 e. The first kappa shape index (κ1) is 23.4. The van der Waals surface area contributed by atoms with Crippen LogP contribution in [0.5, 0.6) is 0 Å². The maximum Gasteiger partial charge on any atom is 0.331 e. The second kappa shape index (κ2) is 11.3. The predicted octanol–water partition coefficient (Wildman–Crippen LogP) is 2.93. The zero-order valence-corrected chi connectivity index (χ0v) is 17.7. The molecule has 1 atom stereocenters. The second-order valence-electron chi connectivity index (χ2n) is 6.55. The summed E-state index contributed by atoms with van der Waals surface area (Å²) in [6.07, 6.45) is 0.763. The maximum atomic E-state index is 12.8. The van der Waals surface area contributed by atoms with Crippen molar-refractivity contribution < 1.29 is 23.9 Å². The Morgan fingerprint density at radius 3 is 2.43 bits per heavy atom. The quantitative estimate of drug-likeness (QED) is 0.257. The SMILES string of the molecule is CCOC(=O)C(NCc1ccc(CCC(=O)OC)cc1N)C(=O)c1ccc(Cl)cc1. The average Bonchev–Trinajstić information content (AvgIpc) is 2.73. The van der Waals surface area contributed by atoms with Crippen LogP contribution in [0.15, 0.2) is 42.5 Å². The number of carbonyl (C=O) groups excluding carboxylic acids is 3. The van der Waals surface area contributed by atoms with E-state index in [0.717, 1.165) is 11.1 Å². The number of methoxy groups -OCH3 is 1. The molecular formula is C22H25ClN2O5. The molecule has 1 unspecified atom stereocenters. The third-order valence-electron chi connectivity index (χ3n) is 4.47. The number of carbonyl (C=O) groups is 3. The Hall–Kier alpha value is -2.90. The molecule has 0 radical (unpaired) electrons. The van der Waals surface area contributed by atoms with Gasteiger partial charge in [-0.1, -0.05) is 23.7 Å². The molecule has 0 saturated carbocycles. The van der Waals surface area contributed by atoms with Gasteiger partial charge in [0.1, 0.15) is 0 Å². The van der Waals surface area contributed by atoms with Crippen molar-refractivity contribution in [2.24, 2.45) is 0 Å². The predicted molar refractivity (Wildman–Crippen MR) is 114 cm³/mol. The van der Waals surface area contributed by atoms with E-state index in [1.54, 1.807) is 43.3 Å². The van der Waals surface area contributed by atoms with Crippen LogP contribution in [0.2, 0.25) is 5.02 Å². The first-order valence-electron chi connectivity index (χ1n) is 9.49. The summed E-state index contributed by atoms with van der Waals surface area (Å²) < 4.78 is 9.69. The number of ether oxygens (including phenoxy) is 2. The minimum atomic E-state index is -1.18. The molecule has 3 N–H and O–H groups in total. The molecule has 160 valence electrons. The number of ketones is 1. The van der Waals surface area contributed by atoms with E-state index in [4.69, 9.17) is 22.1 Å². The van der Waals surface area contributed by atoms with Gasteiger partial charge in [-0.3, -0.25) is 14.9 Å². The van der Waals surface area contributed by atoms with Gasteiger partial charge in [0.25, 0.3) is 0 Å². The van der Waals surface area contributed by atoms with E-state index in [2.05, 4.69) is 10.1 Å². The standard InChI is InChI=1S/C22H25ClN2O5/c1-3-30-22(28)20(21(27)15-7-9-17(23)10-8-15)25-13-16-6-4-14(12-18(16)24)5-11-19(26)29-2/h4,6-10,12,20,25H,3,5,11,13,24H2,1-2H3. The highest BCUT2D eigenvalue weighted by Gasteiger charge is 2.28. The van der Waals surface area contributed by atoms with E-state index in [0.29, 0.717) is 22.7 Å². The van der Waals surface area contributed by atoms with Gasteiger partial charge in [-0.15, -0.1) is 0 Å². The first-order valence-corrected chi connectivity index (χ1v) is 9.87. The van der Waals surface area contributed by atoms with Crippen LogP contribution in [0, 0.1) is 0 Å². The van der Waals surface area contributed by atoms with Crippen molar-refractivity contribution in [3.05, 3.63) is 64.2 Å². The fourth-order valence-electron chi connectivity index (χ4n) is 2.81. The number of benzene rings is 2. The second-order valence-corrected chi connectivity index (χ2v) is 6.98. The lowest BCUT2D eigenvalue weighted by atomic mass is 10.0. The van der Waals surface area contributed by atoms with Crippen molar-refractivity contribution in [1.29, 1.82) is 0 Å². The van der Waals surface area contributed by atoms with Crippen LogP contribution in [0.3, 0.4) is 0 Å². The number of nitrogens with two attached hydrogens (primary N) is 1. The first-order chi connectivity index (χ1) is 14.3. The highest BCUT2D eigenvalue weighted by Crippen LogP contribution is 2.17. The largest absolute Gasteiger partial charge is 0.469 e. The van der Waals surface area contributed by atoms with E-state index in [1.165, 1.54) is 7.11 Å². The van der Waals surface area contributed by atoms with E-state index in [1.807, 2.05) is 6.07 Å². The molecule has 0 fully saturated rings. The van der Waals surface area contributed by atoms with Crippen LogP contribution in [-0.4, -0.2) is 37.5 Å². The smallest absolute Gasteiger partial charge is 0.331 e. The number of nitrogens with one attached hydrogen (secondary N) is 1. The van der Waals surface area contributed by atoms with Crippen LogP contribution >= 0.6 is 11.6 Å². The topological polar surface area (TPSA) is 108 Å². The molecule has 2 aromatic carbocycles. The number of Topliss-reactive ketones (excluding diaryl/α,β-unsaturated/α-hetero) is 1. The molecule has 0 bridgehead atoms. The molecule has 0 amide bonds. The molecule has 7 nitrogen and oxygen atoms in total. The lowest BCUT2D eigenvalue weighted by Crippen LogP contribution is -2.44. The van der Waals surface area contributed by atoms with Gasteiger partial charge in [-0.25, -0.2) is 4.79 Å². The number of nitrogen functional groups attached to an aromatic ring is 1. The minimum absolute atomic E-state index is 0.155. The number of hydrogen-bond acceptors (Lipinski definition) is 7. The van der Waals surface area contributed by atoms with Gasteiger partial charge in [0.15, 0.2) is 11.8 Å². The van der Waals surface area contributed by atoms with Crippen molar-refractivity contribution in [1.82, 2.24) is 5.32 Å². The van der Waals surface area contributed by atoms with E-state index in [-0.39, 0.29) is 25.5 Å². The zero-order valence-electron chi connectivity index (χ0n) is 16.9. The van der Waals surface area contributed by atoms with Gasteiger partial charge in [-0.2, -0.15) is 0 Å². The monoisotopic (exact) mass is 432 g/mol. The van der Waals surface area contributed by atoms with Crippen LogP contribution in [0.25, 0.3) is 0 Å². The molecule has 8 heteroatoms. The molecule has 0 aliphatic heterocycles. The van der Waals surface area contributed by atoms with Crippen LogP contribution in [0.4, 0.5) is 5.69 Å². The van der Waals surface area contributed by atoms with Crippen molar-refractivity contribution in [3.8, 4) is 0 Å². The average molecular weight is 433 g/mol. The Morgan fingerprint density at radius 1 is 1.13 bits per heavy atom. The molecule has 2 aromatic rings. The Labute approximate surface area is 180 Å².